The highest BCUT2D eigenvalue weighted by atomic mass is 16.3. The molecule has 0 bridgehead atoms. The first-order valence-electron chi connectivity index (χ1n) is 9.22. The standard InChI is InChI=1S/C21H35NO/c1-19(2)12-7-13-20(3,4)21(19,23)14-11-18-9-5-8-17(16-18)10-6-15-22/h5,8-9,16,23H,6-7,10-15,22H2,1-4H3. The second-order valence-corrected chi connectivity index (χ2v) is 8.69. The molecule has 0 heterocycles. The number of aryl methyl sites for hydroxylation is 2. The summed E-state index contributed by atoms with van der Waals surface area (Å²) in [5.41, 5.74) is 7.67. The molecule has 0 radical (unpaired) electrons. The molecule has 1 aliphatic carbocycles. The van der Waals surface area contributed by atoms with E-state index in [2.05, 4.69) is 52.0 Å². The predicted molar refractivity (Wildman–Crippen MR) is 98.5 cm³/mol. The van der Waals surface area contributed by atoms with Crippen LogP contribution in [0.3, 0.4) is 0 Å². The highest BCUT2D eigenvalue weighted by Crippen LogP contribution is 2.55. The van der Waals surface area contributed by atoms with Crippen LogP contribution in [0.2, 0.25) is 0 Å². The van der Waals surface area contributed by atoms with Gasteiger partial charge < -0.3 is 10.8 Å². The van der Waals surface area contributed by atoms with Crippen LogP contribution in [0, 0.1) is 10.8 Å². The summed E-state index contributed by atoms with van der Waals surface area (Å²) >= 11 is 0. The van der Waals surface area contributed by atoms with Crippen molar-refractivity contribution in [2.75, 3.05) is 6.54 Å². The molecule has 1 aromatic rings. The van der Waals surface area contributed by atoms with E-state index in [-0.39, 0.29) is 10.8 Å². The fraction of sp³-hybridized carbons (Fsp3) is 0.714. The zero-order valence-corrected chi connectivity index (χ0v) is 15.5. The van der Waals surface area contributed by atoms with Gasteiger partial charge in [-0.1, -0.05) is 58.4 Å². The van der Waals surface area contributed by atoms with E-state index in [0.29, 0.717) is 0 Å². The first kappa shape index (κ1) is 18.5. The number of rotatable bonds is 6. The highest BCUT2D eigenvalue weighted by molar-refractivity contribution is 5.24. The minimum atomic E-state index is -0.606. The maximum absolute atomic E-state index is 11.6. The van der Waals surface area contributed by atoms with E-state index in [1.54, 1.807) is 0 Å². The van der Waals surface area contributed by atoms with Crippen LogP contribution in [0.5, 0.6) is 0 Å². The summed E-state index contributed by atoms with van der Waals surface area (Å²) < 4.78 is 0. The second-order valence-electron chi connectivity index (χ2n) is 8.69. The van der Waals surface area contributed by atoms with Gasteiger partial charge in [-0.3, -0.25) is 0 Å². The van der Waals surface area contributed by atoms with Gasteiger partial charge in [0.1, 0.15) is 0 Å². The van der Waals surface area contributed by atoms with Crippen molar-refractivity contribution in [1.82, 2.24) is 0 Å². The van der Waals surface area contributed by atoms with Crippen molar-refractivity contribution in [3.8, 4) is 0 Å². The predicted octanol–water partition coefficient (Wildman–Crippen LogP) is 4.48. The second kappa shape index (κ2) is 6.94. The Morgan fingerprint density at radius 1 is 1.00 bits per heavy atom. The van der Waals surface area contributed by atoms with Gasteiger partial charge >= 0.3 is 0 Å². The molecule has 0 atom stereocenters. The molecule has 0 spiro atoms. The Bertz CT molecular complexity index is 502. The third kappa shape index (κ3) is 3.80. The Balaban J connectivity index is 2.11. The summed E-state index contributed by atoms with van der Waals surface area (Å²) in [6, 6.07) is 8.81. The molecule has 23 heavy (non-hydrogen) atoms. The summed E-state index contributed by atoms with van der Waals surface area (Å²) in [7, 11) is 0. The Morgan fingerprint density at radius 3 is 2.13 bits per heavy atom. The number of hydrogen-bond acceptors (Lipinski definition) is 2. The lowest BCUT2D eigenvalue weighted by atomic mass is 9.52. The maximum atomic E-state index is 11.6. The highest BCUT2D eigenvalue weighted by Gasteiger charge is 2.55. The molecular formula is C21H35NO. The van der Waals surface area contributed by atoms with Gasteiger partial charge in [-0.15, -0.1) is 0 Å². The molecule has 2 rings (SSSR count). The lowest BCUT2D eigenvalue weighted by molar-refractivity contribution is -0.181. The molecule has 1 saturated carbocycles. The smallest absolute Gasteiger partial charge is 0.0752 e. The number of nitrogens with two attached hydrogens (primary N) is 1. The van der Waals surface area contributed by atoms with Crippen molar-refractivity contribution < 1.29 is 5.11 Å². The molecule has 130 valence electrons. The molecule has 2 heteroatoms. The number of hydrogen-bond donors (Lipinski definition) is 2. The van der Waals surface area contributed by atoms with Crippen LogP contribution < -0.4 is 5.73 Å². The van der Waals surface area contributed by atoms with Crippen LogP contribution >= 0.6 is 0 Å². The third-order valence-corrected chi connectivity index (χ3v) is 6.28. The summed E-state index contributed by atoms with van der Waals surface area (Å²) in [5, 5.41) is 11.6. The molecule has 1 fully saturated rings. The van der Waals surface area contributed by atoms with Crippen molar-refractivity contribution in [3.63, 3.8) is 0 Å². The molecule has 1 aromatic carbocycles. The van der Waals surface area contributed by atoms with Gasteiger partial charge in [0, 0.05) is 0 Å². The minimum Gasteiger partial charge on any atom is -0.389 e. The van der Waals surface area contributed by atoms with Gasteiger partial charge in [0.25, 0.3) is 0 Å². The van der Waals surface area contributed by atoms with Crippen LogP contribution in [-0.4, -0.2) is 17.3 Å². The normalized spacial score (nSPS) is 22.0. The fourth-order valence-electron chi connectivity index (χ4n) is 4.55. The van der Waals surface area contributed by atoms with E-state index in [0.717, 1.165) is 45.1 Å². The minimum absolute atomic E-state index is 0.0219. The van der Waals surface area contributed by atoms with Crippen LogP contribution in [0.15, 0.2) is 24.3 Å². The molecular weight excluding hydrogens is 282 g/mol. The molecule has 0 aromatic heterocycles. The summed E-state index contributed by atoms with van der Waals surface area (Å²) in [4.78, 5) is 0. The Morgan fingerprint density at radius 2 is 1.57 bits per heavy atom. The van der Waals surface area contributed by atoms with Crippen LogP contribution in [0.25, 0.3) is 0 Å². The SMILES string of the molecule is CC1(C)CCCC(C)(C)C1(O)CCc1cccc(CCCN)c1. The van der Waals surface area contributed by atoms with E-state index in [4.69, 9.17) is 5.73 Å². The van der Waals surface area contributed by atoms with Crippen LogP contribution in [0.4, 0.5) is 0 Å². The summed E-state index contributed by atoms with van der Waals surface area (Å²) in [5.74, 6) is 0. The van der Waals surface area contributed by atoms with Crippen LogP contribution in [0.1, 0.15) is 70.9 Å². The van der Waals surface area contributed by atoms with Gasteiger partial charge in [0.15, 0.2) is 0 Å². The van der Waals surface area contributed by atoms with Crippen molar-refractivity contribution in [3.05, 3.63) is 35.4 Å². The number of benzene rings is 1. The molecule has 0 unspecified atom stereocenters. The third-order valence-electron chi connectivity index (χ3n) is 6.28. The monoisotopic (exact) mass is 317 g/mol. The van der Waals surface area contributed by atoms with Gasteiger partial charge in [0.2, 0.25) is 0 Å². The Hall–Kier alpha value is -0.860. The zero-order valence-electron chi connectivity index (χ0n) is 15.5. The van der Waals surface area contributed by atoms with Gasteiger partial charge in [-0.2, -0.15) is 0 Å². The molecule has 3 N–H and O–H groups in total. The first-order valence-corrected chi connectivity index (χ1v) is 9.22. The van der Waals surface area contributed by atoms with Crippen molar-refractivity contribution in [1.29, 1.82) is 0 Å². The lowest BCUT2D eigenvalue weighted by Crippen LogP contribution is -2.58. The van der Waals surface area contributed by atoms with Crippen molar-refractivity contribution >= 4 is 0 Å². The topological polar surface area (TPSA) is 46.2 Å². The van der Waals surface area contributed by atoms with Crippen molar-refractivity contribution in [2.45, 2.75) is 78.2 Å². The fourth-order valence-corrected chi connectivity index (χ4v) is 4.55. The first-order chi connectivity index (χ1) is 10.7. The quantitative estimate of drug-likeness (QED) is 0.812. The average molecular weight is 318 g/mol. The van der Waals surface area contributed by atoms with Crippen molar-refractivity contribution in [2.24, 2.45) is 16.6 Å². The van der Waals surface area contributed by atoms with E-state index in [1.165, 1.54) is 17.5 Å². The number of aliphatic hydroxyl groups is 1. The average Bonchev–Trinajstić information content (AvgIpc) is 2.49. The van der Waals surface area contributed by atoms with E-state index < -0.39 is 5.60 Å². The van der Waals surface area contributed by atoms with E-state index in [1.807, 2.05) is 0 Å². The molecule has 2 nitrogen and oxygen atoms in total. The molecule has 0 amide bonds. The Kier molecular flexibility index (Phi) is 5.58. The summed E-state index contributed by atoms with van der Waals surface area (Å²) in [6.07, 6.45) is 7.32. The van der Waals surface area contributed by atoms with Gasteiger partial charge in [-0.05, 0) is 67.0 Å². The molecule has 1 aliphatic rings. The summed E-state index contributed by atoms with van der Waals surface area (Å²) in [6.45, 7) is 9.71. The van der Waals surface area contributed by atoms with Gasteiger partial charge in [-0.25, -0.2) is 0 Å². The van der Waals surface area contributed by atoms with Gasteiger partial charge in [0.05, 0.1) is 5.60 Å². The zero-order chi connectivity index (χ0) is 17.1. The van der Waals surface area contributed by atoms with E-state index >= 15 is 0 Å². The largest absolute Gasteiger partial charge is 0.389 e. The lowest BCUT2D eigenvalue weighted by Gasteiger charge is -2.56. The van der Waals surface area contributed by atoms with E-state index in [9.17, 15) is 5.11 Å². The molecule has 0 aliphatic heterocycles. The molecule has 0 saturated heterocycles. The Labute approximate surface area is 142 Å². The van der Waals surface area contributed by atoms with Crippen LogP contribution in [-0.2, 0) is 12.8 Å². The maximum Gasteiger partial charge on any atom is 0.0752 e.